The number of halogens is 1. The third-order valence-electron chi connectivity index (χ3n) is 3.98. The average molecular weight is 390 g/mol. The molecular formula is C18H16ClN3O5. The van der Waals surface area contributed by atoms with Gasteiger partial charge >= 0.3 is 0 Å². The van der Waals surface area contributed by atoms with Crippen molar-refractivity contribution in [2.24, 2.45) is 5.92 Å². The van der Waals surface area contributed by atoms with E-state index in [0.717, 1.165) is 10.6 Å². The molecule has 0 bridgehead atoms. The predicted octanol–water partition coefficient (Wildman–Crippen LogP) is 3.18. The summed E-state index contributed by atoms with van der Waals surface area (Å²) in [7, 11) is 0. The molecular weight excluding hydrogens is 374 g/mol. The Bertz CT molecular complexity index is 1050. The summed E-state index contributed by atoms with van der Waals surface area (Å²) >= 11 is 5.76. The number of hydrogen-bond donors (Lipinski definition) is 1. The number of benzene rings is 1. The summed E-state index contributed by atoms with van der Waals surface area (Å²) in [6, 6.07) is 5.24. The average Bonchev–Trinajstić information content (AvgIpc) is 2.59. The van der Waals surface area contributed by atoms with Crippen molar-refractivity contribution in [3.8, 4) is 11.9 Å². The number of ketones is 1. The molecule has 0 aliphatic rings. The second-order valence-corrected chi connectivity index (χ2v) is 6.78. The van der Waals surface area contributed by atoms with Crippen LogP contribution in [-0.4, -0.2) is 20.4 Å². The topological polar surface area (TPSA) is 126 Å². The van der Waals surface area contributed by atoms with Gasteiger partial charge in [0.2, 0.25) is 5.88 Å². The Morgan fingerprint density at radius 2 is 2.07 bits per heavy atom. The van der Waals surface area contributed by atoms with E-state index in [9.17, 15) is 30.1 Å². The summed E-state index contributed by atoms with van der Waals surface area (Å²) in [5, 5.41) is 30.8. The Balaban J connectivity index is 2.77. The maximum atomic E-state index is 12.9. The van der Waals surface area contributed by atoms with E-state index in [-0.39, 0.29) is 39.7 Å². The second-order valence-electron chi connectivity index (χ2n) is 6.37. The number of carbonyl (C=O) groups excluding carboxylic acids is 1. The molecule has 140 valence electrons. The molecule has 2 aromatic rings. The summed E-state index contributed by atoms with van der Waals surface area (Å²) in [5.41, 5.74) is -1.75. The van der Waals surface area contributed by atoms with Crippen LogP contribution in [0.4, 0.5) is 5.69 Å². The van der Waals surface area contributed by atoms with Crippen molar-refractivity contribution >= 4 is 23.1 Å². The summed E-state index contributed by atoms with van der Waals surface area (Å²) in [4.78, 5) is 35.7. The number of aromatic hydroxyl groups is 1. The van der Waals surface area contributed by atoms with Crippen molar-refractivity contribution < 1.29 is 14.8 Å². The Morgan fingerprint density at radius 3 is 2.59 bits per heavy atom. The van der Waals surface area contributed by atoms with Gasteiger partial charge in [0.15, 0.2) is 5.78 Å². The Morgan fingerprint density at radius 1 is 1.44 bits per heavy atom. The molecule has 1 N–H and O–H groups in total. The zero-order chi connectivity index (χ0) is 20.5. The lowest BCUT2D eigenvalue weighted by Crippen LogP contribution is -2.28. The quantitative estimate of drug-likeness (QED) is 0.475. The van der Waals surface area contributed by atoms with E-state index in [2.05, 4.69) is 0 Å². The SMILES string of the molecule is Cc1c(C(=O)c2ccc(Cl)c([N+](=O)[O-])c2)c(O)n(CC(C)C)c(=O)c1C#N. The normalized spacial score (nSPS) is 10.7. The molecule has 0 atom stereocenters. The third kappa shape index (κ3) is 3.68. The highest BCUT2D eigenvalue weighted by Crippen LogP contribution is 2.29. The first-order chi connectivity index (χ1) is 12.6. The van der Waals surface area contributed by atoms with Crippen molar-refractivity contribution in [3.63, 3.8) is 0 Å². The van der Waals surface area contributed by atoms with Gasteiger partial charge in [-0.1, -0.05) is 25.4 Å². The van der Waals surface area contributed by atoms with Gasteiger partial charge in [0.1, 0.15) is 16.7 Å². The number of hydrogen-bond acceptors (Lipinski definition) is 6. The van der Waals surface area contributed by atoms with Crippen LogP contribution in [0.25, 0.3) is 0 Å². The largest absolute Gasteiger partial charge is 0.494 e. The molecule has 0 fully saturated rings. The number of aromatic nitrogens is 1. The van der Waals surface area contributed by atoms with Crippen LogP contribution >= 0.6 is 11.6 Å². The number of pyridine rings is 1. The van der Waals surface area contributed by atoms with Gasteiger partial charge in [-0.15, -0.1) is 0 Å². The first-order valence-electron chi connectivity index (χ1n) is 7.95. The lowest BCUT2D eigenvalue weighted by Gasteiger charge is -2.17. The highest BCUT2D eigenvalue weighted by Gasteiger charge is 2.26. The molecule has 0 aliphatic carbocycles. The molecule has 1 aromatic carbocycles. The fourth-order valence-electron chi connectivity index (χ4n) is 2.70. The van der Waals surface area contributed by atoms with Crippen molar-refractivity contribution in [2.75, 3.05) is 0 Å². The van der Waals surface area contributed by atoms with Crippen molar-refractivity contribution in [3.05, 3.63) is 65.9 Å². The fourth-order valence-corrected chi connectivity index (χ4v) is 2.88. The lowest BCUT2D eigenvalue weighted by molar-refractivity contribution is -0.384. The van der Waals surface area contributed by atoms with Gasteiger partial charge in [-0.2, -0.15) is 5.26 Å². The molecule has 1 heterocycles. The van der Waals surface area contributed by atoms with Crippen LogP contribution in [0, 0.1) is 34.3 Å². The summed E-state index contributed by atoms with van der Waals surface area (Å²) < 4.78 is 0.966. The molecule has 0 saturated carbocycles. The molecule has 1 aromatic heterocycles. The first-order valence-corrected chi connectivity index (χ1v) is 8.33. The van der Waals surface area contributed by atoms with E-state index in [0.29, 0.717) is 0 Å². The van der Waals surface area contributed by atoms with E-state index < -0.39 is 27.8 Å². The minimum absolute atomic E-state index is 0.0163. The predicted molar refractivity (Wildman–Crippen MR) is 98.2 cm³/mol. The van der Waals surface area contributed by atoms with Crippen LogP contribution in [-0.2, 0) is 6.54 Å². The first kappa shape index (κ1) is 20.1. The van der Waals surface area contributed by atoms with Crippen molar-refractivity contribution in [1.82, 2.24) is 4.57 Å². The van der Waals surface area contributed by atoms with Gasteiger partial charge in [-0.05, 0) is 30.5 Å². The number of carbonyl (C=O) groups is 1. The standard InChI is InChI=1S/C18H16ClN3O5/c1-9(2)8-21-17(24)12(7-20)10(3)15(18(21)25)16(23)11-4-5-13(19)14(6-11)22(26)27/h4-6,9,25H,8H2,1-3H3. The molecule has 0 amide bonds. The Hall–Kier alpha value is -3.18. The van der Waals surface area contributed by atoms with Crippen LogP contribution in [0.5, 0.6) is 5.88 Å². The van der Waals surface area contributed by atoms with Gasteiger partial charge in [-0.25, -0.2) is 0 Å². The van der Waals surface area contributed by atoms with Crippen molar-refractivity contribution in [1.29, 1.82) is 5.26 Å². The lowest BCUT2D eigenvalue weighted by atomic mass is 9.96. The van der Waals surface area contributed by atoms with E-state index in [1.165, 1.54) is 19.1 Å². The van der Waals surface area contributed by atoms with Crippen LogP contribution < -0.4 is 5.56 Å². The molecule has 9 heteroatoms. The van der Waals surface area contributed by atoms with Crippen molar-refractivity contribution in [2.45, 2.75) is 27.3 Å². The van der Waals surface area contributed by atoms with E-state index in [4.69, 9.17) is 11.6 Å². The molecule has 8 nitrogen and oxygen atoms in total. The molecule has 0 saturated heterocycles. The number of nitrogens with zero attached hydrogens (tertiary/aromatic N) is 3. The minimum Gasteiger partial charge on any atom is -0.494 e. The molecule has 27 heavy (non-hydrogen) atoms. The van der Waals surface area contributed by atoms with Gasteiger partial charge in [0.05, 0.1) is 10.5 Å². The van der Waals surface area contributed by atoms with Gasteiger partial charge in [-0.3, -0.25) is 24.3 Å². The molecule has 0 radical (unpaired) electrons. The molecule has 2 rings (SSSR count). The van der Waals surface area contributed by atoms with Crippen LogP contribution in [0.2, 0.25) is 5.02 Å². The minimum atomic E-state index is -0.751. The summed E-state index contributed by atoms with van der Waals surface area (Å²) in [6.07, 6.45) is 0. The third-order valence-corrected chi connectivity index (χ3v) is 4.30. The highest BCUT2D eigenvalue weighted by molar-refractivity contribution is 6.32. The Labute approximate surface area is 159 Å². The maximum Gasteiger partial charge on any atom is 0.288 e. The molecule has 0 spiro atoms. The van der Waals surface area contributed by atoms with Gasteiger partial charge < -0.3 is 5.11 Å². The van der Waals surface area contributed by atoms with Crippen LogP contribution in [0.1, 0.15) is 40.9 Å². The number of nitriles is 1. The van der Waals surface area contributed by atoms with E-state index in [1.54, 1.807) is 6.07 Å². The highest BCUT2D eigenvalue weighted by atomic mass is 35.5. The summed E-state index contributed by atoms with van der Waals surface area (Å²) in [5.74, 6) is -1.37. The smallest absolute Gasteiger partial charge is 0.288 e. The van der Waals surface area contributed by atoms with Gasteiger partial charge in [0.25, 0.3) is 11.2 Å². The molecule has 0 aliphatic heterocycles. The maximum absolute atomic E-state index is 12.9. The molecule has 0 unspecified atom stereocenters. The Kier molecular flexibility index (Phi) is 5.66. The van der Waals surface area contributed by atoms with E-state index >= 15 is 0 Å². The van der Waals surface area contributed by atoms with Crippen LogP contribution in [0.15, 0.2) is 23.0 Å². The second kappa shape index (κ2) is 7.60. The fraction of sp³-hybridized carbons (Fsp3) is 0.278. The number of rotatable bonds is 5. The summed E-state index contributed by atoms with van der Waals surface area (Å²) in [6.45, 7) is 5.08. The van der Waals surface area contributed by atoms with E-state index in [1.807, 2.05) is 13.8 Å². The number of nitro benzene ring substituents is 1. The zero-order valence-electron chi connectivity index (χ0n) is 14.8. The van der Waals surface area contributed by atoms with Gasteiger partial charge in [0, 0.05) is 18.2 Å². The van der Waals surface area contributed by atoms with Crippen LogP contribution in [0.3, 0.4) is 0 Å². The monoisotopic (exact) mass is 389 g/mol. The number of nitro groups is 1. The zero-order valence-corrected chi connectivity index (χ0v) is 15.6.